The zero-order valence-electron chi connectivity index (χ0n) is 15.9. The van der Waals surface area contributed by atoms with E-state index in [1.165, 1.54) is 12.8 Å². The summed E-state index contributed by atoms with van der Waals surface area (Å²) in [6, 6.07) is 10.8. The highest BCUT2D eigenvalue weighted by Crippen LogP contribution is 2.35. The van der Waals surface area contributed by atoms with Gasteiger partial charge in [-0.1, -0.05) is 0 Å². The van der Waals surface area contributed by atoms with Crippen LogP contribution in [0.4, 0.5) is 4.79 Å². The molecular weight excluding hydrogens is 440 g/mol. The van der Waals surface area contributed by atoms with Crippen LogP contribution in [-0.2, 0) is 0 Å². The summed E-state index contributed by atoms with van der Waals surface area (Å²) in [6.07, 6.45) is 1.42. The second-order valence-electron chi connectivity index (χ2n) is 7.21. The number of ether oxygens (including phenoxy) is 2. The van der Waals surface area contributed by atoms with Gasteiger partial charge in [-0.25, -0.2) is 9.78 Å². The van der Waals surface area contributed by atoms with Crippen molar-refractivity contribution in [2.45, 2.75) is 25.8 Å². The van der Waals surface area contributed by atoms with Crippen LogP contribution in [0.25, 0.3) is 22.6 Å². The molecule has 8 heteroatoms. The Hall–Kier alpha value is -2.74. The second kappa shape index (κ2) is 8.32. The van der Waals surface area contributed by atoms with Gasteiger partial charge in [-0.2, -0.15) is 0 Å². The molecule has 29 heavy (non-hydrogen) atoms. The fourth-order valence-corrected chi connectivity index (χ4v) is 3.33. The molecule has 1 aliphatic carbocycles. The molecule has 1 atom stereocenters. The van der Waals surface area contributed by atoms with Crippen LogP contribution in [0.5, 0.6) is 11.5 Å². The van der Waals surface area contributed by atoms with Crippen LogP contribution >= 0.6 is 15.9 Å². The summed E-state index contributed by atoms with van der Waals surface area (Å²) < 4.78 is 18.2. The lowest BCUT2D eigenvalue weighted by Crippen LogP contribution is -2.35. The first-order valence-corrected chi connectivity index (χ1v) is 10.2. The Kier molecular flexibility index (Phi) is 5.62. The van der Waals surface area contributed by atoms with Crippen LogP contribution in [0.15, 0.2) is 45.3 Å². The summed E-state index contributed by atoms with van der Waals surface area (Å²) in [5.74, 6) is 2.60. The van der Waals surface area contributed by atoms with Crippen molar-refractivity contribution in [3.8, 4) is 23.0 Å². The molecule has 2 N–H and O–H groups in total. The van der Waals surface area contributed by atoms with E-state index in [2.05, 4.69) is 26.2 Å². The maximum Gasteiger partial charge on any atom is 0.404 e. The highest BCUT2D eigenvalue weighted by atomic mass is 79.9. The summed E-state index contributed by atoms with van der Waals surface area (Å²) in [7, 11) is 0. The van der Waals surface area contributed by atoms with Crippen LogP contribution in [0, 0.1) is 5.92 Å². The number of nitrogens with zero attached hydrogens (tertiary/aromatic N) is 1. The van der Waals surface area contributed by atoms with E-state index in [1.54, 1.807) is 19.1 Å². The minimum Gasteiger partial charge on any atom is -0.492 e. The Balaban J connectivity index is 1.46. The third-order valence-electron chi connectivity index (χ3n) is 4.58. The smallest absolute Gasteiger partial charge is 0.404 e. The van der Waals surface area contributed by atoms with E-state index >= 15 is 0 Å². The van der Waals surface area contributed by atoms with Crippen LogP contribution in [0.2, 0.25) is 0 Å². The number of carboxylic acid groups (broad SMARTS) is 1. The van der Waals surface area contributed by atoms with Crippen molar-refractivity contribution in [1.82, 2.24) is 10.3 Å². The molecule has 2 aromatic carbocycles. The Morgan fingerprint density at radius 3 is 2.86 bits per heavy atom. The fraction of sp³-hybridized carbons (Fsp3) is 0.333. The minimum absolute atomic E-state index is 0.216. The molecular formula is C21H21BrN2O5. The van der Waals surface area contributed by atoms with Gasteiger partial charge < -0.3 is 24.3 Å². The largest absolute Gasteiger partial charge is 0.492 e. The summed E-state index contributed by atoms with van der Waals surface area (Å²) in [4.78, 5) is 15.2. The van der Waals surface area contributed by atoms with Gasteiger partial charge in [-0.3, -0.25) is 0 Å². The highest BCUT2D eigenvalue weighted by Gasteiger charge is 2.22. The Morgan fingerprint density at radius 2 is 2.14 bits per heavy atom. The molecule has 0 radical (unpaired) electrons. The van der Waals surface area contributed by atoms with Crippen molar-refractivity contribution in [2.75, 3.05) is 13.2 Å². The van der Waals surface area contributed by atoms with Crippen molar-refractivity contribution in [2.24, 2.45) is 5.92 Å². The Bertz CT molecular complexity index is 1030. The van der Waals surface area contributed by atoms with E-state index in [0.717, 1.165) is 22.4 Å². The number of nitrogens with one attached hydrogen (secondary N) is 1. The zero-order valence-corrected chi connectivity index (χ0v) is 17.4. The number of rotatable bonds is 8. The number of carbonyl (C=O) groups is 1. The van der Waals surface area contributed by atoms with Gasteiger partial charge in [0.15, 0.2) is 5.58 Å². The van der Waals surface area contributed by atoms with Crippen LogP contribution in [-0.4, -0.2) is 35.4 Å². The lowest BCUT2D eigenvalue weighted by atomic mass is 10.2. The number of halogens is 1. The van der Waals surface area contributed by atoms with E-state index < -0.39 is 6.09 Å². The molecule has 1 aromatic heterocycles. The number of hydrogen-bond acceptors (Lipinski definition) is 5. The lowest BCUT2D eigenvalue weighted by molar-refractivity contribution is 0.183. The van der Waals surface area contributed by atoms with Gasteiger partial charge in [-0.15, -0.1) is 0 Å². The van der Waals surface area contributed by atoms with Gasteiger partial charge in [0.2, 0.25) is 5.89 Å². The Labute approximate surface area is 176 Å². The molecule has 0 aliphatic heterocycles. The van der Waals surface area contributed by atoms with Gasteiger partial charge >= 0.3 is 6.09 Å². The van der Waals surface area contributed by atoms with Crippen molar-refractivity contribution in [1.29, 1.82) is 0 Å². The van der Waals surface area contributed by atoms with E-state index in [-0.39, 0.29) is 12.6 Å². The van der Waals surface area contributed by atoms with Gasteiger partial charge in [0, 0.05) is 11.6 Å². The maximum absolute atomic E-state index is 10.6. The third-order valence-corrected chi connectivity index (χ3v) is 5.20. The first kappa shape index (κ1) is 19.6. The number of amides is 1. The normalized spacial score (nSPS) is 14.6. The first-order valence-electron chi connectivity index (χ1n) is 9.43. The summed E-state index contributed by atoms with van der Waals surface area (Å²) in [5, 5.41) is 11.1. The SMILES string of the molecule is C[C@@H](COc1ccc2nc(-c3ccc(OCC4CC4)c(Br)c3)oc2c1)NC(=O)O. The summed E-state index contributed by atoms with van der Waals surface area (Å²) in [5.41, 5.74) is 2.16. The van der Waals surface area contributed by atoms with Crippen molar-refractivity contribution in [3.05, 3.63) is 40.9 Å². The van der Waals surface area contributed by atoms with Crippen molar-refractivity contribution in [3.63, 3.8) is 0 Å². The van der Waals surface area contributed by atoms with Crippen molar-refractivity contribution < 1.29 is 23.8 Å². The van der Waals surface area contributed by atoms with E-state index in [9.17, 15) is 4.79 Å². The first-order chi connectivity index (χ1) is 14.0. The third kappa shape index (κ3) is 5.00. The summed E-state index contributed by atoms with van der Waals surface area (Å²) in [6.45, 7) is 2.70. The number of aromatic nitrogens is 1. The topological polar surface area (TPSA) is 93.8 Å². The molecule has 0 bridgehead atoms. The van der Waals surface area contributed by atoms with E-state index in [1.807, 2.05) is 24.3 Å². The number of hydrogen-bond donors (Lipinski definition) is 2. The number of benzene rings is 2. The fourth-order valence-electron chi connectivity index (χ4n) is 2.83. The van der Waals surface area contributed by atoms with Crippen LogP contribution in [0.1, 0.15) is 19.8 Å². The molecule has 4 rings (SSSR count). The van der Waals surface area contributed by atoms with Crippen molar-refractivity contribution >= 4 is 33.1 Å². The van der Waals surface area contributed by atoms with E-state index in [4.69, 9.17) is 19.0 Å². The maximum atomic E-state index is 10.6. The Morgan fingerprint density at radius 1 is 1.31 bits per heavy atom. The average molecular weight is 461 g/mol. The molecule has 1 fully saturated rings. The molecule has 1 aliphatic rings. The molecule has 3 aromatic rings. The molecule has 1 heterocycles. The van der Waals surface area contributed by atoms with Gasteiger partial charge in [0.25, 0.3) is 0 Å². The number of oxazole rings is 1. The molecule has 0 spiro atoms. The highest BCUT2D eigenvalue weighted by molar-refractivity contribution is 9.10. The molecule has 7 nitrogen and oxygen atoms in total. The molecule has 0 unspecified atom stereocenters. The van der Waals surface area contributed by atoms with Gasteiger partial charge in [-0.05, 0) is 71.9 Å². The predicted molar refractivity (Wildman–Crippen MR) is 111 cm³/mol. The summed E-state index contributed by atoms with van der Waals surface area (Å²) >= 11 is 3.56. The molecule has 1 amide bonds. The zero-order chi connectivity index (χ0) is 20.4. The van der Waals surface area contributed by atoms with Crippen LogP contribution in [0.3, 0.4) is 0 Å². The molecule has 152 valence electrons. The number of fused-ring (bicyclic) bond motifs is 1. The lowest BCUT2D eigenvalue weighted by Gasteiger charge is -2.12. The monoisotopic (exact) mass is 460 g/mol. The van der Waals surface area contributed by atoms with Crippen LogP contribution < -0.4 is 14.8 Å². The van der Waals surface area contributed by atoms with Gasteiger partial charge in [0.1, 0.15) is 23.6 Å². The molecule has 1 saturated carbocycles. The molecule has 0 saturated heterocycles. The van der Waals surface area contributed by atoms with Gasteiger partial charge in [0.05, 0.1) is 17.1 Å². The second-order valence-corrected chi connectivity index (χ2v) is 8.06. The minimum atomic E-state index is -1.08. The van der Waals surface area contributed by atoms with E-state index in [0.29, 0.717) is 28.7 Å². The quantitative estimate of drug-likeness (QED) is 0.486. The predicted octanol–water partition coefficient (Wildman–Crippen LogP) is 5.08. The standard InChI is InChI=1S/C21H21BrN2O5/c1-12(23-21(25)26)10-27-15-5-6-17-19(9-15)29-20(24-17)14-4-7-18(16(22)8-14)28-11-13-2-3-13/h4-9,12-13,23H,2-3,10-11H2,1H3,(H,25,26)/t12-/m0/s1. The average Bonchev–Trinajstić information content (AvgIpc) is 3.41.